The second-order valence-corrected chi connectivity index (χ2v) is 5.32. The predicted molar refractivity (Wildman–Crippen MR) is 80.5 cm³/mol. The van der Waals surface area contributed by atoms with Crippen LogP contribution in [0.5, 0.6) is 11.5 Å². The summed E-state index contributed by atoms with van der Waals surface area (Å²) in [5, 5.41) is 24.1. The number of phenols is 2. The highest BCUT2D eigenvalue weighted by Crippen LogP contribution is 2.37. The average Bonchev–Trinajstić information content (AvgIpc) is 2.93. The van der Waals surface area contributed by atoms with E-state index in [-0.39, 0.29) is 17.2 Å². The first-order chi connectivity index (χ1) is 10.5. The summed E-state index contributed by atoms with van der Waals surface area (Å²) < 4.78 is 26.4. The van der Waals surface area contributed by atoms with Gasteiger partial charge in [-0.2, -0.15) is 0 Å². The molecule has 0 bridgehead atoms. The molecule has 0 aliphatic carbocycles. The lowest BCUT2D eigenvalue weighted by Crippen LogP contribution is -1.94. The minimum absolute atomic E-state index is 0.0995. The Kier molecular flexibility index (Phi) is 3.64. The van der Waals surface area contributed by atoms with Crippen molar-refractivity contribution in [3.05, 3.63) is 53.4 Å². The van der Waals surface area contributed by atoms with Gasteiger partial charge in [-0.1, -0.05) is 6.07 Å². The number of rotatable bonds is 3. The monoisotopic (exact) mass is 320 g/mol. The molecule has 1 heterocycles. The third kappa shape index (κ3) is 2.71. The standard InChI is InChI=1S/C15H10F2N2O2S/c16-8-4-5-11(10(17)6-8)18-15-19-12(7-22-15)9-2-1-3-13(20)14(9)21/h1-7,20-21H,(H,18,19). The van der Waals surface area contributed by atoms with Gasteiger partial charge in [-0.05, 0) is 24.3 Å². The highest BCUT2D eigenvalue weighted by atomic mass is 32.1. The summed E-state index contributed by atoms with van der Waals surface area (Å²) in [6.07, 6.45) is 0. The molecule has 112 valence electrons. The van der Waals surface area contributed by atoms with Crippen LogP contribution in [0.3, 0.4) is 0 Å². The summed E-state index contributed by atoms with van der Waals surface area (Å²) in [5.41, 5.74) is 0.898. The Morgan fingerprint density at radius 1 is 1.09 bits per heavy atom. The minimum Gasteiger partial charge on any atom is -0.504 e. The number of hydrogen-bond acceptors (Lipinski definition) is 5. The molecule has 4 nitrogen and oxygen atoms in total. The van der Waals surface area contributed by atoms with E-state index in [0.717, 1.165) is 12.1 Å². The van der Waals surface area contributed by atoms with Gasteiger partial charge in [0.1, 0.15) is 11.6 Å². The third-order valence-corrected chi connectivity index (χ3v) is 3.73. The zero-order valence-electron chi connectivity index (χ0n) is 11.0. The number of halogens is 2. The number of para-hydroxylation sites is 1. The van der Waals surface area contributed by atoms with Crippen molar-refractivity contribution in [2.75, 3.05) is 5.32 Å². The molecule has 22 heavy (non-hydrogen) atoms. The number of benzene rings is 2. The van der Waals surface area contributed by atoms with Gasteiger partial charge in [0, 0.05) is 17.0 Å². The van der Waals surface area contributed by atoms with Crippen LogP contribution in [0.4, 0.5) is 19.6 Å². The maximum Gasteiger partial charge on any atom is 0.187 e. The smallest absolute Gasteiger partial charge is 0.187 e. The van der Waals surface area contributed by atoms with Crippen molar-refractivity contribution in [3.8, 4) is 22.8 Å². The van der Waals surface area contributed by atoms with Gasteiger partial charge in [0.2, 0.25) is 0 Å². The van der Waals surface area contributed by atoms with Crippen LogP contribution in [-0.2, 0) is 0 Å². The largest absolute Gasteiger partial charge is 0.504 e. The number of aromatic nitrogens is 1. The molecule has 0 unspecified atom stereocenters. The van der Waals surface area contributed by atoms with E-state index in [1.807, 2.05) is 0 Å². The first kappa shape index (κ1) is 14.3. The zero-order chi connectivity index (χ0) is 15.7. The maximum atomic E-state index is 13.6. The van der Waals surface area contributed by atoms with Crippen molar-refractivity contribution >= 4 is 22.2 Å². The first-order valence-corrected chi connectivity index (χ1v) is 7.11. The number of thiazole rings is 1. The van der Waals surface area contributed by atoms with Gasteiger partial charge in [0.05, 0.1) is 11.4 Å². The molecule has 1 aromatic heterocycles. The van der Waals surface area contributed by atoms with Crippen LogP contribution in [-0.4, -0.2) is 15.2 Å². The summed E-state index contributed by atoms with van der Waals surface area (Å²) in [6, 6.07) is 7.73. The first-order valence-electron chi connectivity index (χ1n) is 6.23. The highest BCUT2D eigenvalue weighted by Gasteiger charge is 2.12. The molecule has 0 aliphatic heterocycles. The van der Waals surface area contributed by atoms with Crippen molar-refractivity contribution in [1.82, 2.24) is 4.98 Å². The van der Waals surface area contributed by atoms with Crippen LogP contribution in [0.15, 0.2) is 41.8 Å². The van der Waals surface area contributed by atoms with E-state index in [9.17, 15) is 19.0 Å². The van der Waals surface area contributed by atoms with Gasteiger partial charge in [-0.3, -0.25) is 0 Å². The van der Waals surface area contributed by atoms with E-state index in [4.69, 9.17) is 0 Å². The average molecular weight is 320 g/mol. The SMILES string of the molecule is Oc1cccc(-c2csc(Nc3ccc(F)cc3F)n2)c1O. The van der Waals surface area contributed by atoms with Crippen molar-refractivity contribution in [2.24, 2.45) is 0 Å². The second-order valence-electron chi connectivity index (χ2n) is 4.46. The van der Waals surface area contributed by atoms with Crippen LogP contribution < -0.4 is 5.32 Å². The van der Waals surface area contributed by atoms with Crippen molar-refractivity contribution in [1.29, 1.82) is 0 Å². The van der Waals surface area contributed by atoms with Crippen molar-refractivity contribution < 1.29 is 19.0 Å². The fourth-order valence-electron chi connectivity index (χ4n) is 1.90. The highest BCUT2D eigenvalue weighted by molar-refractivity contribution is 7.14. The Morgan fingerprint density at radius 2 is 1.91 bits per heavy atom. The van der Waals surface area contributed by atoms with Crippen LogP contribution in [0, 0.1) is 11.6 Å². The lowest BCUT2D eigenvalue weighted by atomic mass is 10.1. The Hall–Kier alpha value is -2.67. The summed E-state index contributed by atoms with van der Waals surface area (Å²) in [6.45, 7) is 0. The number of anilines is 2. The summed E-state index contributed by atoms with van der Waals surface area (Å²) in [7, 11) is 0. The molecule has 0 saturated heterocycles. The Labute approximate surface area is 128 Å². The molecule has 0 radical (unpaired) electrons. The molecule has 3 aromatic rings. The molecule has 0 atom stereocenters. The van der Waals surface area contributed by atoms with Crippen LogP contribution in [0.1, 0.15) is 0 Å². The van der Waals surface area contributed by atoms with E-state index >= 15 is 0 Å². The fraction of sp³-hybridized carbons (Fsp3) is 0. The Bertz CT molecular complexity index is 836. The Balaban J connectivity index is 1.89. The van der Waals surface area contributed by atoms with Gasteiger partial charge in [0.15, 0.2) is 16.6 Å². The molecule has 2 aromatic carbocycles. The van der Waals surface area contributed by atoms with E-state index < -0.39 is 11.6 Å². The van der Waals surface area contributed by atoms with Gasteiger partial charge < -0.3 is 15.5 Å². The van der Waals surface area contributed by atoms with Crippen molar-refractivity contribution in [2.45, 2.75) is 0 Å². The molecule has 0 spiro atoms. The topological polar surface area (TPSA) is 65.4 Å². The molecular weight excluding hydrogens is 310 g/mol. The third-order valence-electron chi connectivity index (χ3n) is 2.97. The number of aromatic hydroxyl groups is 2. The number of phenolic OH excluding ortho intramolecular Hbond substituents is 2. The quantitative estimate of drug-likeness (QED) is 0.631. The molecule has 0 saturated carbocycles. The van der Waals surface area contributed by atoms with E-state index in [2.05, 4.69) is 10.3 Å². The van der Waals surface area contributed by atoms with E-state index in [1.54, 1.807) is 17.5 Å². The maximum absolute atomic E-state index is 13.6. The number of nitrogens with zero attached hydrogens (tertiary/aromatic N) is 1. The van der Waals surface area contributed by atoms with E-state index in [1.165, 1.54) is 23.5 Å². The lowest BCUT2D eigenvalue weighted by Gasteiger charge is -2.04. The summed E-state index contributed by atoms with van der Waals surface area (Å²) in [5.74, 6) is -1.90. The predicted octanol–water partition coefficient (Wildman–Crippen LogP) is 4.24. The fourth-order valence-corrected chi connectivity index (χ4v) is 2.62. The number of hydrogen-bond donors (Lipinski definition) is 3. The van der Waals surface area contributed by atoms with Gasteiger partial charge >= 0.3 is 0 Å². The van der Waals surface area contributed by atoms with Crippen LogP contribution in [0.25, 0.3) is 11.3 Å². The van der Waals surface area contributed by atoms with Crippen LogP contribution >= 0.6 is 11.3 Å². The van der Waals surface area contributed by atoms with Crippen LogP contribution in [0.2, 0.25) is 0 Å². The van der Waals surface area contributed by atoms with Gasteiger partial charge in [-0.25, -0.2) is 13.8 Å². The molecule has 3 N–H and O–H groups in total. The minimum atomic E-state index is -0.725. The molecular formula is C15H10F2N2O2S. The van der Waals surface area contributed by atoms with Gasteiger partial charge in [0.25, 0.3) is 0 Å². The summed E-state index contributed by atoms with van der Waals surface area (Å²) in [4.78, 5) is 4.22. The van der Waals surface area contributed by atoms with Crippen molar-refractivity contribution in [3.63, 3.8) is 0 Å². The molecule has 3 rings (SSSR count). The zero-order valence-corrected chi connectivity index (χ0v) is 11.9. The molecule has 7 heteroatoms. The second kappa shape index (κ2) is 5.61. The van der Waals surface area contributed by atoms with Gasteiger partial charge in [-0.15, -0.1) is 11.3 Å². The van der Waals surface area contributed by atoms with E-state index in [0.29, 0.717) is 16.4 Å². The normalized spacial score (nSPS) is 10.6. The number of nitrogens with one attached hydrogen (secondary N) is 1. The summed E-state index contributed by atoms with van der Waals surface area (Å²) >= 11 is 1.19. The molecule has 0 aliphatic rings. The lowest BCUT2D eigenvalue weighted by molar-refractivity contribution is 0.405. The Morgan fingerprint density at radius 3 is 2.68 bits per heavy atom. The molecule has 0 fully saturated rings. The molecule has 0 amide bonds.